The second kappa shape index (κ2) is 8.48. The highest BCUT2D eigenvalue weighted by Gasteiger charge is 2.11. The van der Waals surface area contributed by atoms with Crippen molar-refractivity contribution in [3.63, 3.8) is 0 Å². The summed E-state index contributed by atoms with van der Waals surface area (Å²) < 4.78 is 0. The third-order valence-electron chi connectivity index (χ3n) is 2.79. The standard InChI is InChI=1S/C11H18N4O.2ClH/c1-2-9-7-11(16)14-10(13-9)8-15-5-3-12-4-6-15;;/h7,12H,2-6,8H2,1H3,(H,13,14,16);2*1H. The molecule has 104 valence electrons. The van der Waals surface area contributed by atoms with Crippen molar-refractivity contribution in [1.29, 1.82) is 0 Å². The monoisotopic (exact) mass is 294 g/mol. The molecule has 7 heteroatoms. The molecule has 0 aromatic carbocycles. The number of aryl methyl sites for hydroxylation is 1. The van der Waals surface area contributed by atoms with Gasteiger partial charge in [-0.3, -0.25) is 9.69 Å². The van der Waals surface area contributed by atoms with Gasteiger partial charge in [0.1, 0.15) is 5.82 Å². The second-order valence-electron chi connectivity index (χ2n) is 4.06. The molecule has 2 rings (SSSR count). The van der Waals surface area contributed by atoms with Crippen molar-refractivity contribution in [2.24, 2.45) is 0 Å². The summed E-state index contributed by atoms with van der Waals surface area (Å²) in [5.41, 5.74) is 0.825. The first-order valence-electron chi connectivity index (χ1n) is 5.80. The number of hydrogen-bond donors (Lipinski definition) is 2. The molecule has 1 aliphatic rings. The van der Waals surface area contributed by atoms with Gasteiger partial charge in [0, 0.05) is 37.9 Å². The number of nitrogens with zero attached hydrogens (tertiary/aromatic N) is 2. The molecule has 0 spiro atoms. The van der Waals surface area contributed by atoms with Crippen LogP contribution >= 0.6 is 24.8 Å². The Labute approximate surface area is 119 Å². The van der Waals surface area contributed by atoms with Crippen molar-refractivity contribution in [1.82, 2.24) is 20.2 Å². The van der Waals surface area contributed by atoms with E-state index in [4.69, 9.17) is 0 Å². The van der Waals surface area contributed by atoms with Gasteiger partial charge in [-0.15, -0.1) is 24.8 Å². The van der Waals surface area contributed by atoms with Crippen molar-refractivity contribution in [2.75, 3.05) is 26.2 Å². The van der Waals surface area contributed by atoms with Crippen molar-refractivity contribution in [3.05, 3.63) is 27.9 Å². The maximum absolute atomic E-state index is 11.4. The van der Waals surface area contributed by atoms with Gasteiger partial charge in [0.15, 0.2) is 0 Å². The van der Waals surface area contributed by atoms with E-state index in [9.17, 15) is 4.79 Å². The molecule has 0 unspecified atom stereocenters. The summed E-state index contributed by atoms with van der Waals surface area (Å²) in [6.07, 6.45) is 0.804. The fourth-order valence-corrected chi connectivity index (χ4v) is 1.90. The predicted octanol–water partition coefficient (Wildman–Crippen LogP) is 0.581. The van der Waals surface area contributed by atoms with E-state index >= 15 is 0 Å². The molecule has 0 atom stereocenters. The molecule has 1 fully saturated rings. The Balaban J connectivity index is 0.00000144. The zero-order chi connectivity index (χ0) is 11.4. The smallest absolute Gasteiger partial charge is 0.251 e. The van der Waals surface area contributed by atoms with Crippen LogP contribution in [0, 0.1) is 0 Å². The third-order valence-corrected chi connectivity index (χ3v) is 2.79. The Morgan fingerprint density at radius 2 is 2.00 bits per heavy atom. The summed E-state index contributed by atoms with van der Waals surface area (Å²) >= 11 is 0. The Kier molecular flexibility index (Phi) is 8.18. The predicted molar refractivity (Wildman–Crippen MR) is 76.9 cm³/mol. The van der Waals surface area contributed by atoms with Crippen molar-refractivity contribution < 1.29 is 0 Å². The molecular formula is C11H20Cl2N4O. The van der Waals surface area contributed by atoms with Crippen LogP contribution in [0.3, 0.4) is 0 Å². The molecule has 1 aromatic rings. The molecule has 5 nitrogen and oxygen atoms in total. The van der Waals surface area contributed by atoms with Crippen molar-refractivity contribution in [2.45, 2.75) is 19.9 Å². The molecular weight excluding hydrogens is 275 g/mol. The van der Waals surface area contributed by atoms with Crippen LogP contribution in [-0.2, 0) is 13.0 Å². The molecule has 2 heterocycles. The number of aromatic nitrogens is 2. The van der Waals surface area contributed by atoms with Crippen LogP contribution in [0.2, 0.25) is 0 Å². The van der Waals surface area contributed by atoms with E-state index in [0.29, 0.717) is 0 Å². The maximum atomic E-state index is 11.4. The minimum Gasteiger partial charge on any atom is -0.314 e. The first kappa shape index (κ1) is 17.4. The summed E-state index contributed by atoms with van der Waals surface area (Å²) in [5, 5.41) is 3.30. The van der Waals surface area contributed by atoms with Gasteiger partial charge in [-0.2, -0.15) is 0 Å². The number of aromatic amines is 1. The SMILES string of the molecule is CCc1cc(=O)[nH]c(CN2CCNCC2)n1.Cl.Cl. The number of piperazine rings is 1. The zero-order valence-electron chi connectivity index (χ0n) is 10.4. The minimum atomic E-state index is -0.0445. The molecule has 1 aliphatic heterocycles. The molecule has 0 radical (unpaired) electrons. The lowest BCUT2D eigenvalue weighted by Gasteiger charge is -2.26. The van der Waals surface area contributed by atoms with E-state index in [-0.39, 0.29) is 30.4 Å². The largest absolute Gasteiger partial charge is 0.314 e. The summed E-state index contributed by atoms with van der Waals surface area (Å²) in [6, 6.07) is 1.57. The van der Waals surface area contributed by atoms with Crippen LogP contribution in [0.15, 0.2) is 10.9 Å². The zero-order valence-corrected chi connectivity index (χ0v) is 12.1. The van der Waals surface area contributed by atoms with Gasteiger partial charge in [0.05, 0.1) is 6.54 Å². The lowest BCUT2D eigenvalue weighted by atomic mass is 10.3. The molecule has 0 aliphatic carbocycles. The Bertz CT molecular complexity index is 404. The number of nitrogens with one attached hydrogen (secondary N) is 2. The highest BCUT2D eigenvalue weighted by molar-refractivity contribution is 5.85. The summed E-state index contributed by atoms with van der Waals surface area (Å²) in [4.78, 5) is 20.9. The first-order valence-corrected chi connectivity index (χ1v) is 5.80. The topological polar surface area (TPSA) is 61.0 Å². The first-order chi connectivity index (χ1) is 7.78. The van der Waals surface area contributed by atoms with E-state index in [1.807, 2.05) is 6.92 Å². The molecule has 0 saturated carbocycles. The molecule has 18 heavy (non-hydrogen) atoms. The molecule has 1 saturated heterocycles. The highest BCUT2D eigenvalue weighted by Crippen LogP contribution is 2.00. The van der Waals surface area contributed by atoms with E-state index in [2.05, 4.69) is 20.2 Å². The van der Waals surface area contributed by atoms with E-state index < -0.39 is 0 Å². The van der Waals surface area contributed by atoms with Crippen LogP contribution in [0.25, 0.3) is 0 Å². The lowest BCUT2D eigenvalue weighted by Crippen LogP contribution is -2.43. The van der Waals surface area contributed by atoms with E-state index in [1.165, 1.54) is 0 Å². The van der Waals surface area contributed by atoms with Crippen LogP contribution in [0.5, 0.6) is 0 Å². The van der Waals surface area contributed by atoms with Crippen LogP contribution < -0.4 is 10.9 Å². The van der Waals surface area contributed by atoms with E-state index in [0.717, 1.165) is 50.7 Å². The van der Waals surface area contributed by atoms with Gasteiger partial charge >= 0.3 is 0 Å². The summed E-state index contributed by atoms with van der Waals surface area (Å²) in [7, 11) is 0. The fraction of sp³-hybridized carbons (Fsp3) is 0.636. The summed E-state index contributed by atoms with van der Waals surface area (Å²) in [6.45, 7) is 6.80. The minimum absolute atomic E-state index is 0. The van der Waals surface area contributed by atoms with Gasteiger partial charge < -0.3 is 10.3 Å². The van der Waals surface area contributed by atoms with Gasteiger partial charge in [-0.05, 0) is 6.42 Å². The molecule has 0 bridgehead atoms. The number of H-pyrrole nitrogens is 1. The lowest BCUT2D eigenvalue weighted by molar-refractivity contribution is 0.227. The average Bonchev–Trinajstić information content (AvgIpc) is 2.29. The molecule has 2 N–H and O–H groups in total. The van der Waals surface area contributed by atoms with Gasteiger partial charge in [0.2, 0.25) is 0 Å². The van der Waals surface area contributed by atoms with Gasteiger partial charge in [-0.25, -0.2) is 4.98 Å². The number of halogens is 2. The summed E-state index contributed by atoms with van der Waals surface area (Å²) in [5.74, 6) is 0.784. The molecule has 0 amide bonds. The van der Waals surface area contributed by atoms with Gasteiger partial charge in [0.25, 0.3) is 5.56 Å². The van der Waals surface area contributed by atoms with Crippen LogP contribution in [0.4, 0.5) is 0 Å². The maximum Gasteiger partial charge on any atom is 0.251 e. The van der Waals surface area contributed by atoms with Crippen LogP contribution in [-0.4, -0.2) is 41.0 Å². The van der Waals surface area contributed by atoms with Gasteiger partial charge in [-0.1, -0.05) is 6.92 Å². The quantitative estimate of drug-likeness (QED) is 0.856. The van der Waals surface area contributed by atoms with Crippen LogP contribution in [0.1, 0.15) is 18.4 Å². The Morgan fingerprint density at radius 3 is 2.61 bits per heavy atom. The second-order valence-corrected chi connectivity index (χ2v) is 4.06. The Morgan fingerprint density at radius 1 is 1.33 bits per heavy atom. The van der Waals surface area contributed by atoms with Crippen molar-refractivity contribution in [3.8, 4) is 0 Å². The normalized spacial score (nSPS) is 15.6. The highest BCUT2D eigenvalue weighted by atomic mass is 35.5. The average molecular weight is 295 g/mol. The Hall–Kier alpha value is -0.620. The molecule has 1 aromatic heterocycles. The van der Waals surface area contributed by atoms with Crippen molar-refractivity contribution >= 4 is 24.8 Å². The third kappa shape index (κ3) is 4.94. The number of rotatable bonds is 3. The fourth-order valence-electron chi connectivity index (χ4n) is 1.90. The van der Waals surface area contributed by atoms with E-state index in [1.54, 1.807) is 6.07 Å². The number of hydrogen-bond acceptors (Lipinski definition) is 4.